The van der Waals surface area contributed by atoms with Crippen LogP contribution in [0.4, 0.5) is 0 Å². The minimum atomic E-state index is -3.50. The number of piperidine rings is 2. The highest BCUT2D eigenvalue weighted by atomic mass is 32.2. The molecule has 2 aromatic rings. The molecule has 3 saturated heterocycles. The number of amides is 3. The van der Waals surface area contributed by atoms with Crippen molar-refractivity contribution < 1.29 is 22.8 Å². The average molecular weight is 577 g/mol. The number of fused-ring (bicyclic) bond motifs is 1. The molecule has 216 valence electrons. The first-order chi connectivity index (χ1) is 19.7. The zero-order valence-corrected chi connectivity index (χ0v) is 24.0. The molecule has 41 heavy (non-hydrogen) atoms. The number of nitrogens with one attached hydrogen (secondary N) is 1. The van der Waals surface area contributed by atoms with Crippen LogP contribution in [0.25, 0.3) is 0 Å². The van der Waals surface area contributed by atoms with Crippen LogP contribution in [0.5, 0.6) is 0 Å². The van der Waals surface area contributed by atoms with Gasteiger partial charge >= 0.3 is 0 Å². The third-order valence-electron chi connectivity index (χ3n) is 9.95. The van der Waals surface area contributed by atoms with E-state index in [1.54, 1.807) is 15.3 Å². The first kappa shape index (κ1) is 26.8. The molecule has 3 amide bonds. The van der Waals surface area contributed by atoms with E-state index in [-0.39, 0.29) is 23.7 Å². The van der Waals surface area contributed by atoms with Crippen LogP contribution < -0.4 is 5.32 Å². The van der Waals surface area contributed by atoms with Gasteiger partial charge in [0, 0.05) is 38.2 Å². The van der Waals surface area contributed by atoms with E-state index in [4.69, 9.17) is 0 Å². The molecule has 4 fully saturated rings. The summed E-state index contributed by atoms with van der Waals surface area (Å²) in [4.78, 5) is 41.4. The molecule has 1 saturated carbocycles. The van der Waals surface area contributed by atoms with Crippen molar-refractivity contribution in [1.82, 2.24) is 19.4 Å². The summed E-state index contributed by atoms with van der Waals surface area (Å²) in [5.74, 6) is -0.468. The average Bonchev–Trinajstić information content (AvgIpc) is 3.46. The molecule has 1 unspecified atom stereocenters. The summed E-state index contributed by atoms with van der Waals surface area (Å²) < 4.78 is 28.8. The summed E-state index contributed by atoms with van der Waals surface area (Å²) in [6, 6.07) is 12.9. The van der Waals surface area contributed by atoms with Crippen molar-refractivity contribution in [1.29, 1.82) is 0 Å². The van der Waals surface area contributed by atoms with E-state index in [0.29, 0.717) is 49.0 Å². The third kappa shape index (κ3) is 4.89. The number of likely N-dealkylation sites (tertiary alicyclic amines) is 1. The summed E-state index contributed by atoms with van der Waals surface area (Å²) in [5, 5.41) is 2.36. The molecule has 0 bridgehead atoms. The molecule has 0 aromatic heterocycles. The number of imide groups is 1. The van der Waals surface area contributed by atoms with Crippen molar-refractivity contribution in [2.45, 2.75) is 74.9 Å². The lowest BCUT2D eigenvalue weighted by atomic mass is 9.87. The molecule has 2 aromatic carbocycles. The molecular formula is C31H36N4O5S. The lowest BCUT2D eigenvalue weighted by Crippen LogP contribution is -2.52. The van der Waals surface area contributed by atoms with Gasteiger partial charge in [0.2, 0.25) is 21.8 Å². The highest BCUT2D eigenvalue weighted by Crippen LogP contribution is 2.53. The van der Waals surface area contributed by atoms with Gasteiger partial charge in [-0.3, -0.25) is 24.6 Å². The Morgan fingerprint density at radius 3 is 2.44 bits per heavy atom. The van der Waals surface area contributed by atoms with E-state index in [0.717, 1.165) is 56.3 Å². The summed E-state index contributed by atoms with van der Waals surface area (Å²) >= 11 is 0. The van der Waals surface area contributed by atoms with Crippen LogP contribution in [-0.2, 0) is 32.7 Å². The van der Waals surface area contributed by atoms with Gasteiger partial charge in [-0.05, 0) is 91.8 Å². The molecule has 4 heterocycles. The standard InChI is InChI=1S/C31H36N4O5S/c36-28-8-7-26(29(37)32-28)35-19-24-17-22(5-6-25(24)30(35)38)21-9-14-33(15-10-21)18-23-3-1-2-4-27(23)41(39,40)34-16-13-31(20-34)11-12-31/h1-6,17,21,26H,7-16,18-20H2,(H,32,36,37). The number of hydrogen-bond acceptors (Lipinski definition) is 6. The Morgan fingerprint density at radius 2 is 1.71 bits per heavy atom. The molecule has 4 aliphatic heterocycles. The van der Waals surface area contributed by atoms with Gasteiger partial charge in [-0.25, -0.2) is 8.42 Å². The molecule has 1 N–H and O–H groups in total. The maximum Gasteiger partial charge on any atom is 0.255 e. The summed E-state index contributed by atoms with van der Waals surface area (Å²) in [6.45, 7) is 4.01. The van der Waals surface area contributed by atoms with E-state index in [2.05, 4.69) is 16.3 Å². The van der Waals surface area contributed by atoms with Crippen molar-refractivity contribution in [2.75, 3.05) is 26.2 Å². The fraction of sp³-hybridized carbons (Fsp3) is 0.516. The zero-order chi connectivity index (χ0) is 28.4. The quantitative estimate of drug-likeness (QED) is 0.530. The molecule has 1 atom stereocenters. The van der Waals surface area contributed by atoms with Gasteiger partial charge in [-0.2, -0.15) is 4.31 Å². The van der Waals surface area contributed by atoms with Gasteiger partial charge in [0.05, 0.1) is 4.90 Å². The van der Waals surface area contributed by atoms with E-state index < -0.39 is 22.0 Å². The number of hydrogen-bond donors (Lipinski definition) is 1. The number of sulfonamides is 1. The predicted molar refractivity (Wildman–Crippen MR) is 151 cm³/mol. The predicted octanol–water partition coefficient (Wildman–Crippen LogP) is 3.00. The lowest BCUT2D eigenvalue weighted by Gasteiger charge is -2.33. The number of rotatable bonds is 6. The second-order valence-corrected chi connectivity index (χ2v) is 14.5. The van der Waals surface area contributed by atoms with Crippen LogP contribution in [0.3, 0.4) is 0 Å². The Kier molecular flexibility index (Phi) is 6.55. The first-order valence-corrected chi connectivity index (χ1v) is 16.2. The van der Waals surface area contributed by atoms with Gasteiger partial charge in [-0.1, -0.05) is 30.3 Å². The van der Waals surface area contributed by atoms with Crippen LogP contribution in [0.1, 0.15) is 77.9 Å². The smallest absolute Gasteiger partial charge is 0.255 e. The maximum absolute atomic E-state index is 13.6. The lowest BCUT2D eigenvalue weighted by molar-refractivity contribution is -0.136. The van der Waals surface area contributed by atoms with Gasteiger partial charge < -0.3 is 4.90 Å². The number of benzene rings is 2. The Bertz CT molecular complexity index is 1530. The van der Waals surface area contributed by atoms with Gasteiger partial charge in [0.25, 0.3) is 5.91 Å². The zero-order valence-electron chi connectivity index (χ0n) is 23.2. The van der Waals surface area contributed by atoms with Gasteiger partial charge in [0.1, 0.15) is 6.04 Å². The SMILES string of the molecule is O=C1CCC(N2Cc3cc(C4CCN(Cc5ccccc5S(=O)(=O)N5CCC6(CC6)C5)CC4)ccc3C2=O)C(=O)N1. The van der Waals surface area contributed by atoms with E-state index in [1.165, 1.54) is 5.56 Å². The Balaban J connectivity index is 0.997. The normalized spacial score (nSPS) is 25.1. The fourth-order valence-electron chi connectivity index (χ4n) is 7.22. The van der Waals surface area contributed by atoms with Crippen LogP contribution in [0, 0.1) is 5.41 Å². The molecule has 7 rings (SSSR count). The molecular weight excluding hydrogens is 540 g/mol. The second-order valence-electron chi connectivity index (χ2n) is 12.6. The molecule has 1 spiro atoms. The van der Waals surface area contributed by atoms with Crippen LogP contribution in [-0.4, -0.2) is 72.5 Å². The molecule has 10 heteroatoms. The van der Waals surface area contributed by atoms with Crippen molar-refractivity contribution >= 4 is 27.7 Å². The highest BCUT2D eigenvalue weighted by Gasteiger charge is 2.50. The van der Waals surface area contributed by atoms with Crippen LogP contribution in [0.15, 0.2) is 47.4 Å². The third-order valence-corrected chi connectivity index (χ3v) is 11.9. The van der Waals surface area contributed by atoms with Crippen molar-refractivity contribution in [3.63, 3.8) is 0 Å². The number of nitrogens with zero attached hydrogens (tertiary/aromatic N) is 3. The van der Waals surface area contributed by atoms with Crippen molar-refractivity contribution in [2.24, 2.45) is 5.41 Å². The topological polar surface area (TPSA) is 107 Å². The van der Waals surface area contributed by atoms with Crippen LogP contribution >= 0.6 is 0 Å². The van der Waals surface area contributed by atoms with E-state index in [9.17, 15) is 22.8 Å². The van der Waals surface area contributed by atoms with E-state index >= 15 is 0 Å². The maximum atomic E-state index is 13.6. The fourth-order valence-corrected chi connectivity index (χ4v) is 8.99. The summed E-state index contributed by atoms with van der Waals surface area (Å²) in [6.07, 6.45) is 5.78. The molecule has 5 aliphatic rings. The second kappa shape index (κ2) is 10.0. The van der Waals surface area contributed by atoms with E-state index in [1.807, 2.05) is 30.3 Å². The van der Waals surface area contributed by atoms with Crippen molar-refractivity contribution in [3.05, 3.63) is 64.7 Å². The Labute approximate surface area is 240 Å². The highest BCUT2D eigenvalue weighted by molar-refractivity contribution is 7.89. The monoisotopic (exact) mass is 576 g/mol. The summed E-state index contributed by atoms with van der Waals surface area (Å²) in [7, 11) is -3.50. The van der Waals surface area contributed by atoms with Gasteiger partial charge in [-0.15, -0.1) is 0 Å². The minimum absolute atomic E-state index is 0.147. The first-order valence-electron chi connectivity index (χ1n) is 14.8. The van der Waals surface area contributed by atoms with Gasteiger partial charge in [0.15, 0.2) is 0 Å². The Morgan fingerprint density at radius 1 is 0.927 bits per heavy atom. The number of carbonyl (C=O) groups excluding carboxylic acids is 3. The van der Waals surface area contributed by atoms with Crippen LogP contribution in [0.2, 0.25) is 0 Å². The Hall–Kier alpha value is -3.08. The minimum Gasteiger partial charge on any atom is -0.322 e. The number of carbonyl (C=O) groups is 3. The van der Waals surface area contributed by atoms with Crippen molar-refractivity contribution in [3.8, 4) is 0 Å². The molecule has 9 nitrogen and oxygen atoms in total. The largest absolute Gasteiger partial charge is 0.322 e. The molecule has 1 aliphatic carbocycles. The summed E-state index contributed by atoms with van der Waals surface area (Å²) in [5.41, 5.74) is 3.89. The molecule has 0 radical (unpaired) electrons.